The molecule has 0 aliphatic carbocycles. The number of aryl methyl sites for hydroxylation is 1. The number of hydrogen-bond donors (Lipinski definition) is 2. The Kier molecular flexibility index (Phi) is 2.56. The van der Waals surface area contributed by atoms with Crippen molar-refractivity contribution in [1.29, 1.82) is 0 Å². The van der Waals surface area contributed by atoms with Crippen molar-refractivity contribution in [2.45, 2.75) is 20.3 Å². The number of hydrogen-bond acceptors (Lipinski definition) is 2. The van der Waals surface area contributed by atoms with Gasteiger partial charge in [-0.3, -0.25) is 4.79 Å². The maximum absolute atomic E-state index is 10.9. The number of carbonyl (C=O) groups excluding carboxylic acids is 1. The molecule has 0 fully saturated rings. The van der Waals surface area contributed by atoms with Gasteiger partial charge in [-0.25, -0.2) is 0 Å². The third kappa shape index (κ3) is 1.64. The number of anilines is 1. The zero-order valence-electron chi connectivity index (χ0n) is 7.92. The zero-order chi connectivity index (χ0) is 10.0. The first-order valence-corrected chi connectivity index (χ1v) is 4.25. The number of benzene rings is 1. The topological polar surface area (TPSA) is 69.1 Å². The van der Waals surface area contributed by atoms with Crippen molar-refractivity contribution in [3.05, 3.63) is 28.8 Å². The Hall–Kier alpha value is -1.51. The Morgan fingerprint density at radius 1 is 1.46 bits per heavy atom. The van der Waals surface area contributed by atoms with Crippen molar-refractivity contribution in [2.75, 3.05) is 5.73 Å². The Balaban J connectivity index is 3.35. The smallest absolute Gasteiger partial charge is 0.250 e. The third-order valence-corrected chi connectivity index (χ3v) is 2.21. The van der Waals surface area contributed by atoms with Crippen LogP contribution in [0.3, 0.4) is 0 Å². The molecule has 13 heavy (non-hydrogen) atoms. The molecule has 0 aliphatic heterocycles. The van der Waals surface area contributed by atoms with Crippen molar-refractivity contribution in [3.63, 3.8) is 0 Å². The van der Waals surface area contributed by atoms with Crippen molar-refractivity contribution >= 4 is 11.6 Å². The molecule has 0 saturated carbocycles. The van der Waals surface area contributed by atoms with E-state index >= 15 is 0 Å². The van der Waals surface area contributed by atoms with Crippen LogP contribution in [0.5, 0.6) is 0 Å². The van der Waals surface area contributed by atoms with E-state index in [0.29, 0.717) is 11.3 Å². The maximum Gasteiger partial charge on any atom is 0.250 e. The average molecular weight is 178 g/mol. The van der Waals surface area contributed by atoms with Gasteiger partial charge >= 0.3 is 0 Å². The van der Waals surface area contributed by atoms with Crippen molar-refractivity contribution in [3.8, 4) is 0 Å². The quantitative estimate of drug-likeness (QED) is 0.669. The second-order valence-corrected chi connectivity index (χ2v) is 3.04. The maximum atomic E-state index is 10.9. The number of amides is 1. The molecular weight excluding hydrogens is 164 g/mol. The largest absolute Gasteiger partial charge is 0.398 e. The minimum absolute atomic E-state index is 0.419. The van der Waals surface area contributed by atoms with Gasteiger partial charge in [0.15, 0.2) is 0 Å². The summed E-state index contributed by atoms with van der Waals surface area (Å²) < 4.78 is 0. The first kappa shape index (κ1) is 9.58. The lowest BCUT2D eigenvalue weighted by molar-refractivity contribution is 0.100. The molecule has 0 spiro atoms. The summed E-state index contributed by atoms with van der Waals surface area (Å²) in [5.74, 6) is -0.466. The lowest BCUT2D eigenvalue weighted by atomic mass is 10.00. The number of carbonyl (C=O) groups is 1. The van der Waals surface area contributed by atoms with E-state index in [-0.39, 0.29) is 0 Å². The predicted octanol–water partition coefficient (Wildman–Crippen LogP) is 1.24. The van der Waals surface area contributed by atoms with E-state index < -0.39 is 5.91 Å². The van der Waals surface area contributed by atoms with E-state index in [1.807, 2.05) is 19.9 Å². The highest BCUT2D eigenvalue weighted by Crippen LogP contribution is 2.21. The number of primary amides is 1. The fraction of sp³-hybridized carbons (Fsp3) is 0.300. The highest BCUT2D eigenvalue weighted by molar-refractivity contribution is 5.98. The van der Waals surface area contributed by atoms with E-state index in [4.69, 9.17) is 11.5 Å². The van der Waals surface area contributed by atoms with Gasteiger partial charge in [-0.2, -0.15) is 0 Å². The first-order chi connectivity index (χ1) is 6.07. The predicted molar refractivity (Wildman–Crippen MR) is 53.5 cm³/mol. The Morgan fingerprint density at radius 2 is 2.08 bits per heavy atom. The van der Waals surface area contributed by atoms with Crippen LogP contribution >= 0.6 is 0 Å². The highest BCUT2D eigenvalue weighted by atomic mass is 16.1. The molecule has 1 aromatic rings. The summed E-state index contributed by atoms with van der Waals surface area (Å²) in [7, 11) is 0. The molecule has 3 nitrogen and oxygen atoms in total. The second-order valence-electron chi connectivity index (χ2n) is 3.04. The van der Waals surface area contributed by atoms with Gasteiger partial charge in [0.1, 0.15) is 0 Å². The Labute approximate surface area is 77.7 Å². The molecule has 3 heteroatoms. The van der Waals surface area contributed by atoms with Crippen LogP contribution in [0.2, 0.25) is 0 Å². The van der Waals surface area contributed by atoms with Gasteiger partial charge in [0.05, 0.1) is 5.56 Å². The molecule has 0 saturated heterocycles. The molecule has 0 bridgehead atoms. The fourth-order valence-electron chi connectivity index (χ4n) is 1.46. The molecule has 0 aromatic heterocycles. The zero-order valence-corrected chi connectivity index (χ0v) is 7.92. The number of rotatable bonds is 2. The van der Waals surface area contributed by atoms with Crippen molar-refractivity contribution in [1.82, 2.24) is 0 Å². The molecular formula is C10H14N2O. The molecule has 1 amide bonds. The monoisotopic (exact) mass is 178 g/mol. The number of nitrogen functional groups attached to an aromatic ring is 1. The lowest BCUT2D eigenvalue weighted by Gasteiger charge is -2.09. The molecule has 1 rings (SSSR count). The standard InChI is InChI=1S/C10H14N2O/c1-3-7-6(2)4-5-8(9(7)11)10(12)13/h4-5H,3,11H2,1-2H3,(H2,12,13). The molecule has 0 radical (unpaired) electrons. The van der Waals surface area contributed by atoms with E-state index in [1.54, 1.807) is 6.07 Å². The summed E-state index contributed by atoms with van der Waals surface area (Å²) in [5, 5.41) is 0. The van der Waals surface area contributed by atoms with Crippen LogP contribution in [-0.4, -0.2) is 5.91 Å². The average Bonchev–Trinajstić information content (AvgIpc) is 2.04. The van der Waals surface area contributed by atoms with Crippen molar-refractivity contribution in [2.24, 2.45) is 5.73 Å². The molecule has 0 unspecified atom stereocenters. The molecule has 70 valence electrons. The summed E-state index contributed by atoms with van der Waals surface area (Å²) >= 11 is 0. The summed E-state index contributed by atoms with van der Waals surface area (Å²) in [6, 6.07) is 3.54. The summed E-state index contributed by atoms with van der Waals surface area (Å²) in [6.07, 6.45) is 0.818. The number of nitrogens with two attached hydrogens (primary N) is 2. The fourth-order valence-corrected chi connectivity index (χ4v) is 1.46. The van der Waals surface area contributed by atoms with Gasteiger partial charge in [0.2, 0.25) is 0 Å². The molecule has 1 aromatic carbocycles. The van der Waals surface area contributed by atoms with Crippen LogP contribution < -0.4 is 11.5 Å². The van der Waals surface area contributed by atoms with Gasteiger partial charge in [-0.05, 0) is 30.5 Å². The highest BCUT2D eigenvalue weighted by Gasteiger charge is 2.10. The van der Waals surface area contributed by atoms with Gasteiger partial charge in [0.25, 0.3) is 5.91 Å². The molecule has 0 heterocycles. The minimum atomic E-state index is -0.466. The Morgan fingerprint density at radius 3 is 2.54 bits per heavy atom. The van der Waals surface area contributed by atoms with Crippen LogP contribution in [0.25, 0.3) is 0 Å². The summed E-state index contributed by atoms with van der Waals surface area (Å²) in [6.45, 7) is 3.98. The van der Waals surface area contributed by atoms with Crippen LogP contribution in [-0.2, 0) is 6.42 Å². The third-order valence-electron chi connectivity index (χ3n) is 2.21. The Bertz CT molecular complexity index is 345. The van der Waals surface area contributed by atoms with Gasteiger partial charge in [-0.15, -0.1) is 0 Å². The van der Waals surface area contributed by atoms with Gasteiger partial charge in [-0.1, -0.05) is 13.0 Å². The minimum Gasteiger partial charge on any atom is -0.398 e. The van der Waals surface area contributed by atoms with Gasteiger partial charge < -0.3 is 11.5 Å². The molecule has 0 atom stereocenters. The normalized spacial score (nSPS) is 10.0. The van der Waals surface area contributed by atoms with Crippen LogP contribution in [0.1, 0.15) is 28.4 Å². The van der Waals surface area contributed by atoms with Gasteiger partial charge in [0, 0.05) is 5.69 Å². The van der Waals surface area contributed by atoms with E-state index in [0.717, 1.165) is 17.5 Å². The van der Waals surface area contributed by atoms with Crippen LogP contribution in [0.15, 0.2) is 12.1 Å². The molecule has 4 N–H and O–H groups in total. The van der Waals surface area contributed by atoms with E-state index in [2.05, 4.69) is 0 Å². The first-order valence-electron chi connectivity index (χ1n) is 4.25. The van der Waals surface area contributed by atoms with E-state index in [1.165, 1.54) is 0 Å². The summed E-state index contributed by atoms with van der Waals surface area (Å²) in [5.41, 5.74) is 14.0. The van der Waals surface area contributed by atoms with E-state index in [9.17, 15) is 4.79 Å². The SMILES string of the molecule is CCc1c(C)ccc(C(N)=O)c1N. The van der Waals surface area contributed by atoms with Crippen molar-refractivity contribution < 1.29 is 4.79 Å². The summed E-state index contributed by atoms with van der Waals surface area (Å²) in [4.78, 5) is 10.9. The molecule has 0 aliphatic rings. The second kappa shape index (κ2) is 3.47. The van der Waals surface area contributed by atoms with Crippen LogP contribution in [0, 0.1) is 6.92 Å². The lowest BCUT2D eigenvalue weighted by Crippen LogP contribution is -2.15. The van der Waals surface area contributed by atoms with Crippen LogP contribution in [0.4, 0.5) is 5.69 Å².